The first-order chi connectivity index (χ1) is 8.31. The van der Waals surface area contributed by atoms with Gasteiger partial charge < -0.3 is 4.42 Å². The lowest BCUT2D eigenvalue weighted by Crippen LogP contribution is -1.85. The van der Waals surface area contributed by atoms with Crippen molar-refractivity contribution in [1.82, 2.24) is 15.2 Å². The van der Waals surface area contributed by atoms with Gasteiger partial charge in [-0.2, -0.15) is 0 Å². The topological polar surface area (TPSA) is 54.7 Å². The van der Waals surface area contributed by atoms with Crippen LogP contribution in [0.3, 0.4) is 0 Å². The normalized spacial score (nSPS) is 19.8. The number of aromatic nitrogens is 3. The van der Waals surface area contributed by atoms with E-state index in [1.165, 1.54) is 36.4 Å². The van der Waals surface area contributed by atoms with Gasteiger partial charge in [-0.25, -0.2) is 10.1 Å². The number of thiazole rings is 1. The second-order valence-electron chi connectivity index (χ2n) is 4.73. The monoisotopic (exact) mass is 265 g/mol. The predicted molar refractivity (Wildman–Crippen MR) is 66.7 cm³/mol. The van der Waals surface area contributed by atoms with Gasteiger partial charge in [0, 0.05) is 11.8 Å². The maximum Gasteiger partial charge on any atom is 0.284 e. The smallest absolute Gasteiger partial charge is 0.284 e. The Labute approximate surface area is 107 Å². The zero-order valence-electron chi connectivity index (χ0n) is 9.10. The SMILES string of the molecule is S=c1[nH]nc(-c2sc(C3CC3)nc2C2CC2)o1. The van der Waals surface area contributed by atoms with Crippen LogP contribution in [0.2, 0.25) is 0 Å². The molecule has 2 aliphatic carbocycles. The molecule has 6 heteroatoms. The summed E-state index contributed by atoms with van der Waals surface area (Å²) in [6.07, 6.45) is 5.04. The summed E-state index contributed by atoms with van der Waals surface area (Å²) in [4.78, 5) is 6.21. The Morgan fingerprint density at radius 2 is 2.00 bits per heavy atom. The zero-order chi connectivity index (χ0) is 11.4. The number of nitrogens with zero attached hydrogens (tertiary/aromatic N) is 2. The van der Waals surface area contributed by atoms with E-state index in [0.29, 0.717) is 22.6 Å². The summed E-state index contributed by atoms with van der Waals surface area (Å²) in [5, 5.41) is 8.06. The molecule has 0 spiro atoms. The molecular formula is C11H11N3OS2. The number of nitrogens with one attached hydrogen (secondary N) is 1. The van der Waals surface area contributed by atoms with Crippen molar-refractivity contribution < 1.29 is 4.42 Å². The van der Waals surface area contributed by atoms with Gasteiger partial charge in [0.15, 0.2) is 0 Å². The highest BCUT2D eigenvalue weighted by Crippen LogP contribution is 2.50. The van der Waals surface area contributed by atoms with Gasteiger partial charge in [0.1, 0.15) is 4.88 Å². The van der Waals surface area contributed by atoms with E-state index < -0.39 is 0 Å². The maximum absolute atomic E-state index is 5.42. The standard InChI is InChI=1S/C11H11N3OS2/c16-11-14-13-9(15-11)8-7(5-1-2-5)12-10(17-8)6-3-4-6/h5-6H,1-4H2,(H,14,16). The molecule has 1 N–H and O–H groups in total. The van der Waals surface area contributed by atoms with Gasteiger partial charge in [-0.1, -0.05) is 0 Å². The van der Waals surface area contributed by atoms with Gasteiger partial charge in [-0.15, -0.1) is 16.4 Å². The molecule has 2 aromatic heterocycles. The van der Waals surface area contributed by atoms with Crippen molar-refractivity contribution >= 4 is 23.6 Å². The summed E-state index contributed by atoms with van der Waals surface area (Å²) in [7, 11) is 0. The first-order valence-electron chi connectivity index (χ1n) is 5.88. The summed E-state index contributed by atoms with van der Waals surface area (Å²) in [5.41, 5.74) is 1.18. The summed E-state index contributed by atoms with van der Waals surface area (Å²) in [6.45, 7) is 0. The lowest BCUT2D eigenvalue weighted by molar-refractivity contribution is 0.552. The largest absolute Gasteiger partial charge is 0.408 e. The molecule has 4 rings (SSSR count). The molecule has 2 fully saturated rings. The van der Waals surface area contributed by atoms with Crippen molar-refractivity contribution in [2.45, 2.75) is 37.5 Å². The van der Waals surface area contributed by atoms with E-state index in [1.54, 1.807) is 11.3 Å². The fourth-order valence-corrected chi connectivity index (χ4v) is 3.34. The quantitative estimate of drug-likeness (QED) is 0.861. The molecule has 17 heavy (non-hydrogen) atoms. The molecule has 0 aromatic carbocycles. The summed E-state index contributed by atoms with van der Waals surface area (Å²) in [5.74, 6) is 1.92. The van der Waals surface area contributed by atoms with Gasteiger partial charge in [-0.3, -0.25) is 0 Å². The average molecular weight is 265 g/mol. The molecule has 0 unspecified atom stereocenters. The molecule has 2 saturated carbocycles. The van der Waals surface area contributed by atoms with Crippen LogP contribution in [0.4, 0.5) is 0 Å². The Bertz CT molecular complexity index is 619. The van der Waals surface area contributed by atoms with E-state index in [2.05, 4.69) is 10.2 Å². The van der Waals surface area contributed by atoms with Gasteiger partial charge in [-0.05, 0) is 37.9 Å². The Balaban J connectivity index is 1.83. The van der Waals surface area contributed by atoms with E-state index in [0.717, 1.165) is 4.88 Å². The van der Waals surface area contributed by atoms with E-state index in [4.69, 9.17) is 21.6 Å². The summed E-state index contributed by atoms with van der Waals surface area (Å²) >= 11 is 6.66. The van der Waals surface area contributed by atoms with Crippen molar-refractivity contribution in [1.29, 1.82) is 0 Å². The molecule has 0 bridgehead atoms. The van der Waals surface area contributed by atoms with Crippen LogP contribution < -0.4 is 0 Å². The highest BCUT2D eigenvalue weighted by atomic mass is 32.1. The molecule has 0 saturated heterocycles. The Hall–Kier alpha value is -1.01. The van der Waals surface area contributed by atoms with Crippen LogP contribution in [0.1, 0.15) is 48.2 Å². The third-order valence-corrected chi connectivity index (χ3v) is 4.59. The van der Waals surface area contributed by atoms with Crippen LogP contribution >= 0.6 is 23.6 Å². The minimum absolute atomic E-state index is 0.336. The first-order valence-corrected chi connectivity index (χ1v) is 7.10. The van der Waals surface area contributed by atoms with Gasteiger partial charge in [0.2, 0.25) is 0 Å². The molecular weight excluding hydrogens is 254 g/mol. The number of hydrogen-bond acceptors (Lipinski definition) is 5. The molecule has 2 heterocycles. The Morgan fingerprint density at radius 1 is 1.24 bits per heavy atom. The highest BCUT2D eigenvalue weighted by Gasteiger charge is 2.35. The summed E-state index contributed by atoms with van der Waals surface area (Å²) in [6, 6.07) is 0. The van der Waals surface area contributed by atoms with Crippen LogP contribution in [0.25, 0.3) is 10.8 Å². The van der Waals surface area contributed by atoms with Crippen LogP contribution in [0.5, 0.6) is 0 Å². The average Bonchev–Trinajstić information content (AvgIpc) is 3.24. The fraction of sp³-hybridized carbons (Fsp3) is 0.545. The molecule has 0 radical (unpaired) electrons. The molecule has 4 nitrogen and oxygen atoms in total. The zero-order valence-corrected chi connectivity index (χ0v) is 10.7. The Kier molecular flexibility index (Phi) is 2.05. The van der Waals surface area contributed by atoms with E-state index in [1.807, 2.05) is 0 Å². The summed E-state index contributed by atoms with van der Waals surface area (Å²) < 4.78 is 5.42. The number of rotatable bonds is 3. The minimum Gasteiger partial charge on any atom is -0.408 e. The van der Waals surface area contributed by atoms with Gasteiger partial charge in [0.05, 0.1) is 10.7 Å². The van der Waals surface area contributed by atoms with Gasteiger partial charge in [0.25, 0.3) is 10.7 Å². The minimum atomic E-state index is 0.336. The van der Waals surface area contributed by atoms with E-state index in [-0.39, 0.29) is 0 Å². The second-order valence-corrected chi connectivity index (χ2v) is 6.13. The maximum atomic E-state index is 5.42. The van der Waals surface area contributed by atoms with Crippen molar-refractivity contribution in [2.24, 2.45) is 0 Å². The third kappa shape index (κ3) is 1.75. The highest BCUT2D eigenvalue weighted by molar-refractivity contribution is 7.71. The molecule has 2 aliphatic rings. The lowest BCUT2D eigenvalue weighted by atomic mass is 10.2. The molecule has 0 aliphatic heterocycles. The van der Waals surface area contributed by atoms with E-state index in [9.17, 15) is 0 Å². The molecule has 2 aromatic rings. The first kappa shape index (κ1) is 9.96. The van der Waals surface area contributed by atoms with Crippen molar-refractivity contribution in [3.63, 3.8) is 0 Å². The Morgan fingerprint density at radius 3 is 2.59 bits per heavy atom. The molecule has 0 amide bonds. The van der Waals surface area contributed by atoms with E-state index >= 15 is 0 Å². The number of aromatic amines is 1. The predicted octanol–water partition coefficient (Wildman–Crippen LogP) is 3.61. The van der Waals surface area contributed by atoms with Crippen LogP contribution in [-0.4, -0.2) is 15.2 Å². The van der Waals surface area contributed by atoms with Gasteiger partial charge >= 0.3 is 0 Å². The fourth-order valence-electron chi connectivity index (χ4n) is 1.97. The molecule has 88 valence electrons. The van der Waals surface area contributed by atoms with Crippen molar-refractivity contribution in [3.05, 3.63) is 15.5 Å². The third-order valence-electron chi connectivity index (χ3n) is 3.19. The lowest BCUT2D eigenvalue weighted by Gasteiger charge is -1.92. The number of H-pyrrole nitrogens is 1. The number of hydrogen-bond donors (Lipinski definition) is 1. The van der Waals surface area contributed by atoms with Crippen LogP contribution in [0.15, 0.2) is 4.42 Å². The van der Waals surface area contributed by atoms with Crippen LogP contribution in [0, 0.1) is 4.84 Å². The van der Waals surface area contributed by atoms with Crippen molar-refractivity contribution in [2.75, 3.05) is 0 Å². The van der Waals surface area contributed by atoms with Crippen molar-refractivity contribution in [3.8, 4) is 10.8 Å². The molecule has 0 atom stereocenters. The second kappa shape index (κ2) is 3.49. The van der Waals surface area contributed by atoms with Crippen LogP contribution in [-0.2, 0) is 0 Å².